The maximum absolute atomic E-state index is 12.3. The second-order valence-corrected chi connectivity index (χ2v) is 8.16. The smallest absolute Gasteiger partial charge is 0.315 e. The topological polar surface area (TPSA) is 78.5 Å². The molecule has 2 amide bonds. The van der Waals surface area contributed by atoms with E-state index in [0.29, 0.717) is 18.0 Å². The van der Waals surface area contributed by atoms with Gasteiger partial charge >= 0.3 is 6.03 Å². The van der Waals surface area contributed by atoms with Crippen LogP contribution in [0.25, 0.3) is 0 Å². The van der Waals surface area contributed by atoms with Gasteiger partial charge in [-0.25, -0.2) is 17.5 Å². The minimum absolute atomic E-state index is 0.166. The van der Waals surface area contributed by atoms with E-state index in [4.69, 9.17) is 0 Å². The van der Waals surface area contributed by atoms with Gasteiger partial charge in [0.2, 0.25) is 10.0 Å². The maximum Gasteiger partial charge on any atom is 0.315 e. The Morgan fingerprint density at radius 2 is 1.83 bits per heavy atom. The number of carbonyl (C=O) groups is 1. The lowest BCUT2D eigenvalue weighted by molar-refractivity contribution is 0.240. The number of nitrogens with one attached hydrogen (secondary N) is 2. The fourth-order valence-corrected chi connectivity index (χ4v) is 3.16. The van der Waals surface area contributed by atoms with Crippen LogP contribution < -0.4 is 10.6 Å². The third kappa shape index (κ3) is 6.19. The van der Waals surface area contributed by atoms with Crippen LogP contribution in [-0.2, 0) is 16.6 Å². The number of hydrogen-bond donors (Lipinski definition) is 2. The van der Waals surface area contributed by atoms with E-state index < -0.39 is 10.0 Å². The molecule has 0 aliphatic heterocycles. The summed E-state index contributed by atoms with van der Waals surface area (Å²) in [4.78, 5) is 12.0. The van der Waals surface area contributed by atoms with Crippen molar-refractivity contribution in [3.05, 3.63) is 29.8 Å². The van der Waals surface area contributed by atoms with E-state index >= 15 is 0 Å². The Balaban J connectivity index is 2.60. The van der Waals surface area contributed by atoms with Crippen LogP contribution in [0.2, 0.25) is 0 Å². The van der Waals surface area contributed by atoms with Crippen molar-refractivity contribution in [2.45, 2.75) is 38.1 Å². The molecule has 2 N–H and O–H groups in total. The van der Waals surface area contributed by atoms with E-state index in [-0.39, 0.29) is 17.5 Å². The summed E-state index contributed by atoms with van der Waals surface area (Å²) >= 11 is 0. The van der Waals surface area contributed by atoms with Gasteiger partial charge in [0.15, 0.2) is 0 Å². The molecule has 1 aromatic carbocycles. The zero-order valence-corrected chi connectivity index (χ0v) is 15.1. The summed E-state index contributed by atoms with van der Waals surface area (Å²) in [7, 11) is -0.550. The number of sulfonamides is 1. The Kier molecular flexibility index (Phi) is 7.51. The molecule has 130 valence electrons. The van der Waals surface area contributed by atoms with Gasteiger partial charge in [0.1, 0.15) is 0 Å². The lowest BCUT2D eigenvalue weighted by Gasteiger charge is -2.15. The summed E-state index contributed by atoms with van der Waals surface area (Å²) in [5, 5.41) is 5.48. The van der Waals surface area contributed by atoms with E-state index in [1.807, 2.05) is 0 Å². The van der Waals surface area contributed by atoms with Gasteiger partial charge < -0.3 is 10.6 Å². The standard InChI is InChI=1S/C16H27N3O3S/c1-13(2)8-7-11-17-16(20)18-12-14-9-5-6-10-15(14)23(21,22)19(3)4/h5-6,9-10,13H,7-8,11-12H2,1-4H3,(H2,17,18,20). The fraction of sp³-hybridized carbons (Fsp3) is 0.562. The molecule has 0 heterocycles. The van der Waals surface area contributed by atoms with Gasteiger partial charge in [0.05, 0.1) is 4.90 Å². The zero-order chi connectivity index (χ0) is 17.5. The SMILES string of the molecule is CC(C)CCCNC(=O)NCc1ccccc1S(=O)(=O)N(C)C. The number of urea groups is 1. The second kappa shape index (κ2) is 8.88. The maximum atomic E-state index is 12.3. The van der Waals surface area contributed by atoms with E-state index in [2.05, 4.69) is 24.5 Å². The molecule has 0 aliphatic carbocycles. The third-order valence-electron chi connectivity index (χ3n) is 3.41. The van der Waals surface area contributed by atoms with Crippen molar-refractivity contribution >= 4 is 16.1 Å². The van der Waals surface area contributed by atoms with Crippen LogP contribution in [-0.4, -0.2) is 39.4 Å². The number of benzene rings is 1. The largest absolute Gasteiger partial charge is 0.338 e. The van der Waals surface area contributed by atoms with Crippen LogP contribution in [0.3, 0.4) is 0 Å². The molecule has 7 heteroatoms. The van der Waals surface area contributed by atoms with Crippen LogP contribution >= 0.6 is 0 Å². The molecule has 0 aromatic heterocycles. The van der Waals surface area contributed by atoms with Crippen molar-refractivity contribution in [1.82, 2.24) is 14.9 Å². The van der Waals surface area contributed by atoms with Gasteiger partial charge in [0, 0.05) is 27.2 Å². The predicted octanol–water partition coefficient (Wildman–Crippen LogP) is 2.17. The third-order valence-corrected chi connectivity index (χ3v) is 5.33. The highest BCUT2D eigenvalue weighted by Gasteiger charge is 2.20. The first kappa shape index (κ1) is 19.4. The number of nitrogens with zero attached hydrogens (tertiary/aromatic N) is 1. The molecule has 0 atom stereocenters. The van der Waals surface area contributed by atoms with Gasteiger partial charge in [0.25, 0.3) is 0 Å². The molecule has 0 saturated heterocycles. The van der Waals surface area contributed by atoms with Crippen LogP contribution in [0, 0.1) is 5.92 Å². The Morgan fingerprint density at radius 3 is 2.43 bits per heavy atom. The molecule has 1 rings (SSSR count). The normalized spacial score (nSPS) is 11.7. The van der Waals surface area contributed by atoms with Crippen molar-refractivity contribution in [2.24, 2.45) is 5.92 Å². The van der Waals surface area contributed by atoms with Crippen molar-refractivity contribution in [3.63, 3.8) is 0 Å². The van der Waals surface area contributed by atoms with Gasteiger partial charge in [-0.2, -0.15) is 0 Å². The number of carbonyl (C=O) groups excluding carboxylic acids is 1. The van der Waals surface area contributed by atoms with Gasteiger partial charge in [-0.1, -0.05) is 32.0 Å². The van der Waals surface area contributed by atoms with Crippen molar-refractivity contribution in [2.75, 3.05) is 20.6 Å². The molecule has 0 radical (unpaired) electrons. The highest BCUT2D eigenvalue weighted by atomic mass is 32.2. The van der Waals surface area contributed by atoms with E-state index in [0.717, 1.165) is 17.1 Å². The molecule has 0 saturated carbocycles. The lowest BCUT2D eigenvalue weighted by Crippen LogP contribution is -2.36. The first-order chi connectivity index (χ1) is 10.7. The second-order valence-electron chi connectivity index (χ2n) is 6.04. The lowest BCUT2D eigenvalue weighted by atomic mass is 10.1. The number of hydrogen-bond acceptors (Lipinski definition) is 3. The highest BCUT2D eigenvalue weighted by molar-refractivity contribution is 7.89. The van der Waals surface area contributed by atoms with Gasteiger partial charge in [-0.15, -0.1) is 0 Å². The quantitative estimate of drug-likeness (QED) is 0.711. The van der Waals surface area contributed by atoms with Crippen LogP contribution in [0.5, 0.6) is 0 Å². The molecule has 1 aromatic rings. The summed E-state index contributed by atoms with van der Waals surface area (Å²) in [5.74, 6) is 0.614. The molecule has 0 spiro atoms. The summed E-state index contributed by atoms with van der Waals surface area (Å²) < 4.78 is 25.7. The minimum Gasteiger partial charge on any atom is -0.338 e. The van der Waals surface area contributed by atoms with Crippen molar-refractivity contribution in [3.8, 4) is 0 Å². The molecular weight excluding hydrogens is 314 g/mol. The van der Waals surface area contributed by atoms with Gasteiger partial charge in [-0.05, 0) is 30.4 Å². The van der Waals surface area contributed by atoms with Crippen LogP contribution in [0.15, 0.2) is 29.2 Å². The first-order valence-corrected chi connectivity index (χ1v) is 9.21. The Bertz CT molecular complexity index is 613. The first-order valence-electron chi connectivity index (χ1n) is 7.77. The molecule has 0 aliphatic rings. The molecule has 23 heavy (non-hydrogen) atoms. The van der Waals surface area contributed by atoms with Crippen molar-refractivity contribution < 1.29 is 13.2 Å². The average Bonchev–Trinajstić information content (AvgIpc) is 2.49. The monoisotopic (exact) mass is 341 g/mol. The van der Waals surface area contributed by atoms with Gasteiger partial charge in [-0.3, -0.25) is 0 Å². The summed E-state index contributed by atoms with van der Waals surface area (Å²) in [5.41, 5.74) is 0.568. The Morgan fingerprint density at radius 1 is 1.17 bits per heavy atom. The van der Waals surface area contributed by atoms with Crippen LogP contribution in [0.1, 0.15) is 32.3 Å². The molecular formula is C16H27N3O3S. The number of amides is 2. The summed E-state index contributed by atoms with van der Waals surface area (Å²) in [6.07, 6.45) is 1.99. The summed E-state index contributed by atoms with van der Waals surface area (Å²) in [6.45, 7) is 5.06. The zero-order valence-electron chi connectivity index (χ0n) is 14.3. The Hall–Kier alpha value is -1.60. The highest BCUT2D eigenvalue weighted by Crippen LogP contribution is 2.18. The summed E-state index contributed by atoms with van der Waals surface area (Å²) in [6, 6.07) is 6.39. The minimum atomic E-state index is -3.52. The number of rotatable bonds is 8. The van der Waals surface area contributed by atoms with E-state index in [1.54, 1.807) is 24.3 Å². The average molecular weight is 341 g/mol. The van der Waals surface area contributed by atoms with Crippen molar-refractivity contribution in [1.29, 1.82) is 0 Å². The Labute approximate surface area is 139 Å². The molecule has 0 fully saturated rings. The molecule has 0 bridgehead atoms. The predicted molar refractivity (Wildman–Crippen MR) is 91.6 cm³/mol. The van der Waals surface area contributed by atoms with Crippen LogP contribution in [0.4, 0.5) is 4.79 Å². The van der Waals surface area contributed by atoms with E-state index in [9.17, 15) is 13.2 Å². The molecule has 0 unspecified atom stereocenters. The molecule has 6 nitrogen and oxygen atoms in total. The fourth-order valence-electron chi connectivity index (χ4n) is 2.05. The van der Waals surface area contributed by atoms with E-state index in [1.165, 1.54) is 14.1 Å².